The van der Waals surface area contributed by atoms with E-state index < -0.39 is 10.0 Å². The Labute approximate surface area is 118 Å². The lowest BCUT2D eigenvalue weighted by molar-refractivity contribution is 0.600. The summed E-state index contributed by atoms with van der Waals surface area (Å²) in [5.41, 5.74) is 1.51. The lowest BCUT2D eigenvalue weighted by Gasteiger charge is -2.11. The van der Waals surface area contributed by atoms with Crippen molar-refractivity contribution in [2.24, 2.45) is 0 Å². The van der Waals surface area contributed by atoms with Gasteiger partial charge in [-0.2, -0.15) is 0 Å². The number of hydrogen-bond donors (Lipinski definition) is 2. The van der Waals surface area contributed by atoms with E-state index in [9.17, 15) is 8.42 Å². The first-order valence-corrected chi connectivity index (χ1v) is 7.65. The summed E-state index contributed by atoms with van der Waals surface area (Å²) in [6.45, 7) is 1.97. The number of rotatable bonds is 5. The highest BCUT2D eigenvalue weighted by molar-refractivity contribution is 7.92. The minimum absolute atomic E-state index is 0.0300. The van der Waals surface area contributed by atoms with Crippen LogP contribution in [0.4, 0.5) is 11.6 Å². The zero-order valence-electron chi connectivity index (χ0n) is 11.3. The number of nitrogens with one attached hydrogen (secondary N) is 2. The first kappa shape index (κ1) is 14.3. The van der Waals surface area contributed by atoms with Gasteiger partial charge in [0.05, 0.1) is 18.1 Å². The maximum atomic E-state index is 12.3. The van der Waals surface area contributed by atoms with E-state index in [1.807, 2.05) is 19.1 Å². The normalized spacial score (nSPS) is 11.1. The molecule has 0 aliphatic heterocycles. The molecule has 0 aliphatic rings. The van der Waals surface area contributed by atoms with Crippen LogP contribution in [-0.4, -0.2) is 25.4 Å². The Hall–Kier alpha value is -2.15. The maximum Gasteiger partial charge on any atom is 0.264 e. The van der Waals surface area contributed by atoms with Crippen LogP contribution in [0, 0.1) is 0 Å². The Balaban J connectivity index is 2.30. The SMILES string of the molecule is CCc1ccccc1NS(=O)(=O)c1cnc(NC)nc1. The summed E-state index contributed by atoms with van der Waals surface area (Å²) in [6.07, 6.45) is 3.29. The Kier molecular flexibility index (Phi) is 4.19. The van der Waals surface area contributed by atoms with Gasteiger partial charge in [-0.25, -0.2) is 18.4 Å². The number of aromatic nitrogens is 2. The van der Waals surface area contributed by atoms with Gasteiger partial charge in [-0.15, -0.1) is 0 Å². The molecule has 1 aromatic carbocycles. The molecule has 0 radical (unpaired) electrons. The third-order valence-electron chi connectivity index (χ3n) is 2.80. The van der Waals surface area contributed by atoms with Crippen molar-refractivity contribution in [3.05, 3.63) is 42.2 Å². The molecule has 0 bridgehead atoms. The van der Waals surface area contributed by atoms with Crippen molar-refractivity contribution < 1.29 is 8.42 Å². The van der Waals surface area contributed by atoms with E-state index in [0.717, 1.165) is 12.0 Å². The molecule has 0 saturated heterocycles. The third-order valence-corrected chi connectivity index (χ3v) is 4.12. The average molecular weight is 292 g/mol. The molecule has 1 aromatic heterocycles. The van der Waals surface area contributed by atoms with Crippen molar-refractivity contribution in [2.75, 3.05) is 17.1 Å². The molecular weight excluding hydrogens is 276 g/mol. The van der Waals surface area contributed by atoms with Crippen LogP contribution in [0.2, 0.25) is 0 Å². The molecule has 0 aliphatic carbocycles. The number of hydrogen-bond acceptors (Lipinski definition) is 5. The minimum Gasteiger partial charge on any atom is -0.357 e. The fourth-order valence-corrected chi connectivity index (χ4v) is 2.71. The second-order valence-corrected chi connectivity index (χ2v) is 5.79. The van der Waals surface area contributed by atoms with Gasteiger partial charge in [0.15, 0.2) is 0 Å². The van der Waals surface area contributed by atoms with Crippen LogP contribution in [0.1, 0.15) is 12.5 Å². The van der Waals surface area contributed by atoms with E-state index in [0.29, 0.717) is 11.6 Å². The van der Waals surface area contributed by atoms with Crippen molar-refractivity contribution in [1.29, 1.82) is 0 Å². The molecule has 20 heavy (non-hydrogen) atoms. The smallest absolute Gasteiger partial charge is 0.264 e. The fourth-order valence-electron chi connectivity index (χ4n) is 1.72. The predicted molar refractivity (Wildman–Crippen MR) is 78.2 cm³/mol. The largest absolute Gasteiger partial charge is 0.357 e. The van der Waals surface area contributed by atoms with Gasteiger partial charge < -0.3 is 5.32 Å². The molecule has 2 rings (SSSR count). The highest BCUT2D eigenvalue weighted by Gasteiger charge is 2.16. The number of para-hydroxylation sites is 1. The second kappa shape index (κ2) is 5.87. The van der Waals surface area contributed by atoms with Crippen LogP contribution in [0.3, 0.4) is 0 Å². The zero-order chi connectivity index (χ0) is 14.6. The Morgan fingerprint density at radius 2 is 1.80 bits per heavy atom. The van der Waals surface area contributed by atoms with Crippen LogP contribution < -0.4 is 10.0 Å². The van der Waals surface area contributed by atoms with Crippen molar-refractivity contribution in [2.45, 2.75) is 18.2 Å². The summed E-state index contributed by atoms with van der Waals surface area (Å²) in [7, 11) is -2.01. The van der Waals surface area contributed by atoms with Gasteiger partial charge in [0.2, 0.25) is 5.95 Å². The molecule has 0 unspecified atom stereocenters. The van der Waals surface area contributed by atoms with Gasteiger partial charge in [-0.1, -0.05) is 25.1 Å². The van der Waals surface area contributed by atoms with Gasteiger partial charge in [0.1, 0.15) is 4.90 Å². The number of aryl methyl sites for hydroxylation is 1. The molecule has 1 heterocycles. The zero-order valence-corrected chi connectivity index (χ0v) is 12.1. The summed E-state index contributed by atoms with van der Waals surface area (Å²) >= 11 is 0. The van der Waals surface area contributed by atoms with E-state index >= 15 is 0 Å². The Morgan fingerprint density at radius 3 is 2.40 bits per heavy atom. The molecule has 2 N–H and O–H groups in total. The van der Waals surface area contributed by atoms with Crippen molar-refractivity contribution in [1.82, 2.24) is 9.97 Å². The second-order valence-electron chi connectivity index (χ2n) is 4.11. The highest BCUT2D eigenvalue weighted by atomic mass is 32.2. The fraction of sp³-hybridized carbons (Fsp3) is 0.231. The molecule has 0 spiro atoms. The summed E-state index contributed by atoms with van der Waals surface area (Å²) < 4.78 is 27.1. The first-order chi connectivity index (χ1) is 9.56. The van der Waals surface area contributed by atoms with Gasteiger partial charge in [-0.3, -0.25) is 4.72 Å². The van der Waals surface area contributed by atoms with Crippen LogP contribution in [-0.2, 0) is 16.4 Å². The number of sulfonamides is 1. The van der Waals surface area contributed by atoms with Gasteiger partial charge in [-0.05, 0) is 18.1 Å². The number of anilines is 2. The van der Waals surface area contributed by atoms with Crippen molar-refractivity contribution in [3.8, 4) is 0 Å². The third kappa shape index (κ3) is 3.05. The van der Waals surface area contributed by atoms with E-state index in [1.54, 1.807) is 19.2 Å². The molecule has 0 saturated carbocycles. The van der Waals surface area contributed by atoms with Crippen LogP contribution in [0.25, 0.3) is 0 Å². The van der Waals surface area contributed by atoms with Gasteiger partial charge in [0.25, 0.3) is 10.0 Å². The molecule has 106 valence electrons. The molecule has 0 atom stereocenters. The van der Waals surface area contributed by atoms with Gasteiger partial charge in [0, 0.05) is 7.05 Å². The molecule has 7 heteroatoms. The van der Waals surface area contributed by atoms with E-state index in [2.05, 4.69) is 20.0 Å². The van der Waals surface area contributed by atoms with Crippen LogP contribution >= 0.6 is 0 Å². The highest BCUT2D eigenvalue weighted by Crippen LogP contribution is 2.20. The lowest BCUT2D eigenvalue weighted by atomic mass is 10.1. The van der Waals surface area contributed by atoms with Crippen molar-refractivity contribution in [3.63, 3.8) is 0 Å². The Bertz CT molecular complexity index is 684. The van der Waals surface area contributed by atoms with E-state index in [4.69, 9.17) is 0 Å². The van der Waals surface area contributed by atoms with Crippen LogP contribution in [0.15, 0.2) is 41.6 Å². The van der Waals surface area contributed by atoms with Crippen molar-refractivity contribution >= 4 is 21.7 Å². The topological polar surface area (TPSA) is 84.0 Å². The molecular formula is C13H16N4O2S. The Morgan fingerprint density at radius 1 is 1.15 bits per heavy atom. The molecule has 0 amide bonds. The summed E-state index contributed by atoms with van der Waals surface area (Å²) in [5, 5.41) is 2.74. The average Bonchev–Trinajstić information content (AvgIpc) is 2.47. The van der Waals surface area contributed by atoms with Gasteiger partial charge >= 0.3 is 0 Å². The first-order valence-electron chi connectivity index (χ1n) is 6.17. The number of nitrogens with zero attached hydrogens (tertiary/aromatic N) is 2. The van der Waals surface area contributed by atoms with E-state index in [-0.39, 0.29) is 4.90 Å². The lowest BCUT2D eigenvalue weighted by Crippen LogP contribution is -2.15. The molecule has 2 aromatic rings. The summed E-state index contributed by atoms with van der Waals surface area (Å²) in [4.78, 5) is 7.84. The molecule has 0 fully saturated rings. The quantitative estimate of drug-likeness (QED) is 0.879. The van der Waals surface area contributed by atoms with E-state index in [1.165, 1.54) is 12.4 Å². The number of benzene rings is 1. The standard InChI is InChI=1S/C13H16N4O2S/c1-3-10-6-4-5-7-12(10)17-20(18,19)11-8-15-13(14-2)16-9-11/h4-9,17H,3H2,1-2H3,(H,14,15,16). The monoisotopic (exact) mass is 292 g/mol. The minimum atomic E-state index is -3.67. The summed E-state index contributed by atoms with van der Waals surface area (Å²) in [6, 6.07) is 7.29. The maximum absolute atomic E-state index is 12.3. The molecule has 6 nitrogen and oxygen atoms in total. The summed E-state index contributed by atoms with van der Waals surface area (Å²) in [5.74, 6) is 0.373. The predicted octanol–water partition coefficient (Wildman–Crippen LogP) is 1.88. The van der Waals surface area contributed by atoms with Crippen LogP contribution in [0.5, 0.6) is 0 Å².